The predicted octanol–water partition coefficient (Wildman–Crippen LogP) is 3.88. The van der Waals surface area contributed by atoms with Crippen LogP contribution in [0.5, 0.6) is 0 Å². The Bertz CT molecular complexity index is 1170. The van der Waals surface area contributed by atoms with Crippen LogP contribution in [-0.2, 0) is 16.0 Å². The molecule has 0 saturated carbocycles. The van der Waals surface area contributed by atoms with Crippen LogP contribution in [0, 0.1) is 6.92 Å². The highest BCUT2D eigenvalue weighted by atomic mass is 16.6. The number of anilines is 1. The summed E-state index contributed by atoms with van der Waals surface area (Å²) in [6.45, 7) is 8.75. The number of amides is 2. The molecular weight excluding hydrogens is 432 g/mol. The van der Waals surface area contributed by atoms with Crippen LogP contribution in [0.2, 0.25) is 0 Å². The Labute approximate surface area is 199 Å². The van der Waals surface area contributed by atoms with Crippen LogP contribution in [0.1, 0.15) is 50.1 Å². The van der Waals surface area contributed by atoms with E-state index >= 15 is 0 Å². The number of aromatic nitrogens is 4. The normalized spacial score (nSPS) is 15.9. The minimum atomic E-state index is -0.520. The summed E-state index contributed by atoms with van der Waals surface area (Å²) in [7, 11) is 0. The number of hydrogen-bond acceptors (Lipinski definition) is 6. The average Bonchev–Trinajstić information content (AvgIpc) is 3.43. The Hall–Kier alpha value is -3.75. The van der Waals surface area contributed by atoms with Gasteiger partial charge in [-0.3, -0.25) is 4.79 Å². The Kier molecular flexibility index (Phi) is 6.63. The van der Waals surface area contributed by atoms with Crippen LogP contribution < -0.4 is 5.32 Å². The summed E-state index contributed by atoms with van der Waals surface area (Å²) in [6.07, 6.45) is 4.17. The molecule has 9 heteroatoms. The van der Waals surface area contributed by atoms with E-state index in [4.69, 9.17) is 4.74 Å². The quantitative estimate of drug-likeness (QED) is 0.617. The lowest BCUT2D eigenvalue weighted by Gasteiger charge is -2.24. The predicted molar refractivity (Wildman–Crippen MR) is 128 cm³/mol. The summed E-state index contributed by atoms with van der Waals surface area (Å²) < 4.78 is 7.34. The Morgan fingerprint density at radius 3 is 2.71 bits per heavy atom. The van der Waals surface area contributed by atoms with E-state index in [-0.39, 0.29) is 24.3 Å². The monoisotopic (exact) mass is 462 g/mol. The lowest BCUT2D eigenvalue weighted by molar-refractivity contribution is -0.115. The van der Waals surface area contributed by atoms with Gasteiger partial charge in [-0.15, -0.1) is 5.10 Å². The van der Waals surface area contributed by atoms with Crippen LogP contribution in [-0.4, -0.2) is 55.3 Å². The number of aryl methyl sites for hydroxylation is 1. The Morgan fingerprint density at radius 2 is 2.00 bits per heavy atom. The largest absolute Gasteiger partial charge is 0.444 e. The topological polar surface area (TPSA) is 102 Å². The summed E-state index contributed by atoms with van der Waals surface area (Å²) >= 11 is 0. The molecule has 1 unspecified atom stereocenters. The van der Waals surface area contributed by atoms with E-state index in [0.29, 0.717) is 24.6 Å². The van der Waals surface area contributed by atoms with Gasteiger partial charge in [-0.2, -0.15) is 5.10 Å². The molecule has 0 aliphatic carbocycles. The van der Waals surface area contributed by atoms with Crippen LogP contribution >= 0.6 is 0 Å². The molecule has 3 aromatic rings. The molecule has 1 aliphatic rings. The first-order chi connectivity index (χ1) is 16.2. The number of hydrogen-bond donors (Lipinski definition) is 1. The van der Waals surface area contributed by atoms with Crippen molar-refractivity contribution in [3.05, 3.63) is 65.9 Å². The zero-order chi connectivity index (χ0) is 24.3. The van der Waals surface area contributed by atoms with Gasteiger partial charge < -0.3 is 19.5 Å². The Morgan fingerprint density at radius 1 is 1.18 bits per heavy atom. The van der Waals surface area contributed by atoms with E-state index in [2.05, 4.69) is 26.6 Å². The van der Waals surface area contributed by atoms with Crippen LogP contribution in [0.15, 0.2) is 48.9 Å². The highest BCUT2D eigenvalue weighted by molar-refractivity contribution is 5.91. The van der Waals surface area contributed by atoms with Crippen LogP contribution in [0.25, 0.3) is 5.69 Å². The molecule has 178 valence electrons. The molecular formula is C25H30N6O3. The molecule has 1 aliphatic heterocycles. The maximum atomic E-state index is 12.5. The smallest absolute Gasteiger partial charge is 0.410 e. The molecule has 4 rings (SSSR count). The van der Waals surface area contributed by atoms with Crippen molar-refractivity contribution in [2.45, 2.75) is 52.1 Å². The molecule has 9 nitrogen and oxygen atoms in total. The molecule has 1 saturated heterocycles. The van der Waals surface area contributed by atoms with E-state index in [1.54, 1.807) is 17.3 Å². The van der Waals surface area contributed by atoms with Gasteiger partial charge in [0.15, 0.2) is 5.82 Å². The molecule has 1 aromatic carbocycles. The summed E-state index contributed by atoms with van der Waals surface area (Å²) in [6, 6.07) is 11.7. The molecule has 1 fully saturated rings. The minimum Gasteiger partial charge on any atom is -0.444 e. The van der Waals surface area contributed by atoms with Crippen molar-refractivity contribution in [3.63, 3.8) is 0 Å². The van der Waals surface area contributed by atoms with Crippen LogP contribution in [0.3, 0.4) is 0 Å². The average molecular weight is 463 g/mol. The molecule has 0 spiro atoms. The van der Waals surface area contributed by atoms with E-state index in [1.165, 1.54) is 0 Å². The first kappa shape index (κ1) is 23.4. The van der Waals surface area contributed by atoms with Crippen molar-refractivity contribution in [3.8, 4) is 5.69 Å². The van der Waals surface area contributed by atoms with Gasteiger partial charge in [0.1, 0.15) is 5.60 Å². The molecule has 2 amide bonds. The van der Waals surface area contributed by atoms with E-state index < -0.39 is 5.60 Å². The van der Waals surface area contributed by atoms with Crippen molar-refractivity contribution >= 4 is 17.8 Å². The molecule has 1 N–H and O–H groups in total. The number of carbonyl (C=O) groups excluding carboxylic acids is 2. The SMILES string of the molecule is Cc1cccc(-n2cnc(CC(=O)Nc3ccc(C4CCN(C(=O)OC(C)(C)C)C4)nn3)c2)c1. The standard InChI is InChI=1S/C25H30N6O3/c1-17-6-5-7-20(12-17)31-15-19(26-16-31)13-23(32)27-22-9-8-21(28-29-22)18-10-11-30(14-18)24(33)34-25(2,3)4/h5-9,12,15-16,18H,10-11,13-14H2,1-4H3,(H,27,29,32). The second kappa shape index (κ2) is 9.62. The van der Waals surface area contributed by atoms with Gasteiger partial charge in [0, 0.05) is 30.9 Å². The highest BCUT2D eigenvalue weighted by Crippen LogP contribution is 2.27. The lowest BCUT2D eigenvalue weighted by Crippen LogP contribution is -2.35. The third-order valence-corrected chi connectivity index (χ3v) is 5.49. The third kappa shape index (κ3) is 5.98. The number of nitrogens with zero attached hydrogens (tertiary/aromatic N) is 5. The van der Waals surface area contributed by atoms with Crippen molar-refractivity contribution in [2.24, 2.45) is 0 Å². The van der Waals surface area contributed by atoms with Gasteiger partial charge in [-0.25, -0.2) is 9.78 Å². The van der Waals surface area contributed by atoms with Crippen molar-refractivity contribution in [2.75, 3.05) is 18.4 Å². The fourth-order valence-electron chi connectivity index (χ4n) is 3.86. The minimum absolute atomic E-state index is 0.0929. The summed E-state index contributed by atoms with van der Waals surface area (Å²) in [5.74, 6) is 0.262. The van der Waals surface area contributed by atoms with Crippen molar-refractivity contribution in [1.82, 2.24) is 24.6 Å². The molecule has 2 aromatic heterocycles. The second-order valence-corrected chi connectivity index (χ2v) is 9.59. The maximum absolute atomic E-state index is 12.5. The Balaban J connectivity index is 1.30. The zero-order valence-corrected chi connectivity index (χ0v) is 20.0. The molecule has 1 atom stereocenters. The number of nitrogens with one attached hydrogen (secondary N) is 1. The third-order valence-electron chi connectivity index (χ3n) is 5.49. The zero-order valence-electron chi connectivity index (χ0n) is 20.0. The molecule has 0 bridgehead atoms. The maximum Gasteiger partial charge on any atom is 0.410 e. The molecule has 0 radical (unpaired) electrons. The lowest BCUT2D eigenvalue weighted by atomic mass is 10.1. The fourth-order valence-corrected chi connectivity index (χ4v) is 3.86. The summed E-state index contributed by atoms with van der Waals surface area (Å²) in [4.78, 5) is 30.8. The first-order valence-electron chi connectivity index (χ1n) is 11.4. The second-order valence-electron chi connectivity index (χ2n) is 9.59. The van der Waals surface area contributed by atoms with Crippen molar-refractivity contribution < 1.29 is 14.3 Å². The van der Waals surface area contributed by atoms with Gasteiger partial charge in [-0.1, -0.05) is 12.1 Å². The first-order valence-corrected chi connectivity index (χ1v) is 11.4. The number of imidazole rings is 1. The van der Waals surface area contributed by atoms with Gasteiger partial charge in [0.25, 0.3) is 0 Å². The van der Waals surface area contributed by atoms with Gasteiger partial charge in [0.2, 0.25) is 5.91 Å². The van der Waals surface area contributed by atoms with E-state index in [9.17, 15) is 9.59 Å². The fraction of sp³-hybridized carbons (Fsp3) is 0.400. The van der Waals surface area contributed by atoms with Crippen LogP contribution in [0.4, 0.5) is 10.6 Å². The van der Waals surface area contributed by atoms with E-state index in [0.717, 1.165) is 23.4 Å². The summed E-state index contributed by atoms with van der Waals surface area (Å²) in [5.41, 5.74) is 3.09. The van der Waals surface area contributed by atoms with E-state index in [1.807, 2.05) is 62.7 Å². The number of benzene rings is 1. The number of ether oxygens (including phenoxy) is 1. The highest BCUT2D eigenvalue weighted by Gasteiger charge is 2.31. The van der Waals surface area contributed by atoms with Gasteiger partial charge >= 0.3 is 6.09 Å². The van der Waals surface area contributed by atoms with Crippen molar-refractivity contribution in [1.29, 1.82) is 0 Å². The molecule has 34 heavy (non-hydrogen) atoms. The number of likely N-dealkylation sites (tertiary alicyclic amines) is 1. The number of carbonyl (C=O) groups is 2. The van der Waals surface area contributed by atoms with Gasteiger partial charge in [-0.05, 0) is 63.9 Å². The summed E-state index contributed by atoms with van der Waals surface area (Å²) in [5, 5.41) is 11.2. The number of rotatable bonds is 5. The van der Waals surface area contributed by atoms with Gasteiger partial charge in [0.05, 0.1) is 24.1 Å². The molecule has 3 heterocycles.